The van der Waals surface area contributed by atoms with E-state index in [9.17, 15) is 9.59 Å². The molecule has 184 valence electrons. The molecule has 4 aromatic carbocycles. The van der Waals surface area contributed by atoms with Gasteiger partial charge in [-0.2, -0.15) is 0 Å². The van der Waals surface area contributed by atoms with Crippen LogP contribution in [0, 0.1) is 0 Å². The van der Waals surface area contributed by atoms with Crippen LogP contribution in [0.2, 0.25) is 4.47 Å². The van der Waals surface area contributed by atoms with Crippen LogP contribution in [0.1, 0.15) is 20.7 Å². The Labute approximate surface area is 225 Å². The first-order valence-corrected chi connectivity index (χ1v) is 12.9. The molecule has 0 unspecified atom stereocenters. The van der Waals surface area contributed by atoms with E-state index in [1.807, 2.05) is 48.5 Å². The lowest BCUT2D eigenvalue weighted by Crippen LogP contribution is -1.85. The molecule has 0 bridgehead atoms. The van der Waals surface area contributed by atoms with E-state index < -0.39 is 0 Å². The molecular weight excluding hydrogens is 528 g/mol. The van der Waals surface area contributed by atoms with Crippen LogP contribution in [-0.4, -0.2) is 27.6 Å². The molecule has 0 aliphatic heterocycles. The number of carbonyl (C=O) groups is 2. The van der Waals surface area contributed by atoms with E-state index in [2.05, 4.69) is 9.97 Å². The fraction of sp³-hybridized carbons (Fsp3) is 0. The summed E-state index contributed by atoms with van der Waals surface area (Å²) >= 11 is 8.68. The van der Waals surface area contributed by atoms with Crippen molar-refractivity contribution in [2.45, 2.75) is 0 Å². The summed E-state index contributed by atoms with van der Waals surface area (Å²) in [5, 5.41) is 9.37. The quantitative estimate of drug-likeness (QED) is 0.225. The zero-order chi connectivity index (χ0) is 26.0. The Morgan fingerprint density at radius 1 is 0.703 bits per heavy atom. The van der Waals surface area contributed by atoms with Gasteiger partial charge >= 0.3 is 0 Å². The summed E-state index contributed by atoms with van der Waals surface area (Å²) in [6.45, 7) is 0. The van der Waals surface area contributed by atoms with E-state index in [1.165, 1.54) is 34.8 Å². The maximum absolute atomic E-state index is 10.7. The number of benzene rings is 4. The number of aromatic nitrogens is 2. The van der Waals surface area contributed by atoms with Gasteiger partial charge in [0.25, 0.3) is 5.19 Å². The Morgan fingerprint density at radius 3 is 1.89 bits per heavy atom. The Kier molecular flexibility index (Phi) is 8.93. The number of para-hydroxylation sites is 2. The SMILES string of the molecule is Clc1nc2ccccc2s1.O=Cc1cccc(O)c1.O=Cc1cccc(Oc2nc3ccccc3s2)c1. The highest BCUT2D eigenvalue weighted by atomic mass is 35.5. The van der Waals surface area contributed by atoms with Crippen LogP contribution >= 0.6 is 34.3 Å². The molecule has 0 spiro atoms. The second kappa shape index (κ2) is 12.7. The number of phenols is 1. The number of fused-ring (bicyclic) bond motifs is 2. The van der Waals surface area contributed by atoms with Gasteiger partial charge in [0.15, 0.2) is 4.47 Å². The highest BCUT2D eigenvalue weighted by Gasteiger charge is 2.05. The number of halogens is 1. The lowest BCUT2D eigenvalue weighted by molar-refractivity contribution is 0.111. The van der Waals surface area contributed by atoms with Crippen molar-refractivity contribution in [2.24, 2.45) is 0 Å². The van der Waals surface area contributed by atoms with Gasteiger partial charge in [0.1, 0.15) is 24.1 Å². The van der Waals surface area contributed by atoms with Crippen molar-refractivity contribution in [3.63, 3.8) is 0 Å². The molecular formula is C28H19ClN2O4S2. The van der Waals surface area contributed by atoms with Gasteiger partial charge < -0.3 is 9.84 Å². The molecule has 9 heteroatoms. The van der Waals surface area contributed by atoms with Gasteiger partial charge in [-0.25, -0.2) is 9.97 Å². The fourth-order valence-corrected chi connectivity index (χ4v) is 4.95. The largest absolute Gasteiger partial charge is 0.508 e. The minimum Gasteiger partial charge on any atom is -0.508 e. The van der Waals surface area contributed by atoms with Crippen LogP contribution in [0.4, 0.5) is 0 Å². The molecule has 0 saturated carbocycles. The minimum atomic E-state index is 0.125. The van der Waals surface area contributed by atoms with Crippen LogP contribution in [0.25, 0.3) is 20.4 Å². The lowest BCUT2D eigenvalue weighted by atomic mass is 10.2. The molecule has 0 amide bonds. The Morgan fingerprint density at radius 2 is 1.30 bits per heavy atom. The van der Waals surface area contributed by atoms with E-state index in [-0.39, 0.29) is 5.75 Å². The third-order valence-electron chi connectivity index (χ3n) is 4.75. The second-order valence-corrected chi connectivity index (χ2v) is 9.99. The lowest BCUT2D eigenvalue weighted by Gasteiger charge is -2.00. The van der Waals surface area contributed by atoms with Crippen molar-refractivity contribution in [2.75, 3.05) is 0 Å². The molecule has 6 aromatic rings. The molecule has 0 radical (unpaired) electrons. The fourth-order valence-electron chi connectivity index (χ4n) is 3.09. The summed E-state index contributed by atoms with van der Waals surface area (Å²) < 4.78 is 8.49. The number of hydrogen-bond donors (Lipinski definition) is 1. The third kappa shape index (κ3) is 7.44. The Hall–Kier alpha value is -4.11. The Bertz CT molecular complexity index is 1580. The van der Waals surface area contributed by atoms with Crippen molar-refractivity contribution in [1.29, 1.82) is 0 Å². The van der Waals surface area contributed by atoms with Gasteiger partial charge in [0, 0.05) is 11.1 Å². The molecule has 0 aliphatic carbocycles. The second-order valence-electron chi connectivity index (χ2n) is 7.39. The summed E-state index contributed by atoms with van der Waals surface area (Å²) in [5.74, 6) is 0.748. The maximum atomic E-state index is 10.7. The predicted octanol–water partition coefficient (Wildman–Crippen LogP) is 8.06. The van der Waals surface area contributed by atoms with Gasteiger partial charge in [0.05, 0.1) is 20.4 Å². The zero-order valence-corrected chi connectivity index (χ0v) is 21.5. The van der Waals surface area contributed by atoms with Gasteiger partial charge in [0.2, 0.25) is 0 Å². The minimum absolute atomic E-state index is 0.125. The van der Waals surface area contributed by atoms with E-state index in [4.69, 9.17) is 21.4 Å². The summed E-state index contributed by atoms with van der Waals surface area (Å²) in [7, 11) is 0. The number of hydrogen-bond acceptors (Lipinski definition) is 8. The first-order valence-electron chi connectivity index (χ1n) is 10.9. The van der Waals surface area contributed by atoms with Crippen molar-refractivity contribution in [3.8, 4) is 16.7 Å². The monoisotopic (exact) mass is 546 g/mol. The molecule has 2 aromatic heterocycles. The van der Waals surface area contributed by atoms with Gasteiger partial charge in [-0.3, -0.25) is 9.59 Å². The third-order valence-corrected chi connectivity index (χ3v) is 6.80. The molecule has 6 nitrogen and oxygen atoms in total. The molecule has 2 heterocycles. The van der Waals surface area contributed by atoms with Crippen LogP contribution in [0.3, 0.4) is 0 Å². The summed E-state index contributed by atoms with van der Waals surface area (Å²) in [6, 6.07) is 29.0. The standard InChI is InChI=1S/C14H9NO2S.C7H4ClNS.C7H6O2/c16-9-10-4-3-5-11(8-10)17-14-15-12-6-1-2-7-13(12)18-14;8-7-9-5-3-1-2-4-6(5)10-7;8-5-6-2-1-3-7(9)4-6/h1-9H;1-4H;1-5,9H. The van der Waals surface area contributed by atoms with Crippen LogP contribution < -0.4 is 4.74 Å². The molecule has 1 N–H and O–H groups in total. The summed E-state index contributed by atoms with van der Waals surface area (Å²) in [4.78, 5) is 29.2. The van der Waals surface area contributed by atoms with Crippen LogP contribution in [0.15, 0.2) is 97.1 Å². The van der Waals surface area contributed by atoms with E-state index in [0.29, 0.717) is 32.8 Å². The Balaban J connectivity index is 0.000000143. The van der Waals surface area contributed by atoms with Gasteiger partial charge in [-0.1, -0.05) is 71.5 Å². The zero-order valence-electron chi connectivity index (χ0n) is 19.2. The number of aldehydes is 2. The van der Waals surface area contributed by atoms with E-state index >= 15 is 0 Å². The van der Waals surface area contributed by atoms with E-state index in [0.717, 1.165) is 26.7 Å². The van der Waals surface area contributed by atoms with Crippen molar-refractivity contribution >= 4 is 67.3 Å². The van der Waals surface area contributed by atoms with Crippen LogP contribution in [0.5, 0.6) is 16.7 Å². The number of nitrogens with zero attached hydrogens (tertiary/aromatic N) is 2. The molecule has 0 aliphatic rings. The number of rotatable bonds is 4. The van der Waals surface area contributed by atoms with Gasteiger partial charge in [-0.05, 0) is 48.5 Å². The molecule has 0 fully saturated rings. The number of carbonyl (C=O) groups excluding carboxylic acids is 2. The normalized spacial score (nSPS) is 10.1. The van der Waals surface area contributed by atoms with Crippen LogP contribution in [-0.2, 0) is 0 Å². The smallest absolute Gasteiger partial charge is 0.279 e. The van der Waals surface area contributed by atoms with E-state index in [1.54, 1.807) is 36.4 Å². The first-order chi connectivity index (χ1) is 18.0. The number of aromatic hydroxyl groups is 1. The molecule has 0 saturated heterocycles. The molecule has 0 atom stereocenters. The summed E-state index contributed by atoms with van der Waals surface area (Å²) in [6.07, 6.45) is 1.49. The average Bonchev–Trinajstić information content (AvgIpc) is 3.51. The topological polar surface area (TPSA) is 89.4 Å². The number of thiazole rings is 2. The highest BCUT2D eigenvalue weighted by molar-refractivity contribution is 7.22. The maximum Gasteiger partial charge on any atom is 0.279 e. The summed E-state index contributed by atoms with van der Waals surface area (Å²) in [5.41, 5.74) is 2.99. The molecule has 37 heavy (non-hydrogen) atoms. The van der Waals surface area contributed by atoms with Crippen molar-refractivity contribution < 1.29 is 19.4 Å². The highest BCUT2D eigenvalue weighted by Crippen LogP contribution is 2.31. The van der Waals surface area contributed by atoms with Gasteiger partial charge in [-0.15, -0.1) is 11.3 Å². The van der Waals surface area contributed by atoms with Crippen molar-refractivity contribution in [1.82, 2.24) is 9.97 Å². The average molecular weight is 547 g/mol. The first kappa shape index (κ1) is 26.0. The molecule has 6 rings (SSSR count). The number of ether oxygens (including phenoxy) is 1. The number of phenolic OH excluding ortho intramolecular Hbond substituents is 1. The van der Waals surface area contributed by atoms with Crippen molar-refractivity contribution in [3.05, 3.63) is 113 Å². The predicted molar refractivity (Wildman–Crippen MR) is 150 cm³/mol.